The Labute approximate surface area is 176 Å². The fourth-order valence-electron chi connectivity index (χ4n) is 3.00. The van der Waals surface area contributed by atoms with Crippen LogP contribution < -0.4 is 10.1 Å². The highest BCUT2D eigenvalue weighted by atomic mass is 19.1. The van der Waals surface area contributed by atoms with Gasteiger partial charge in [0.25, 0.3) is 11.7 Å². The number of hydrogen-bond acceptors (Lipinski definition) is 6. The minimum Gasteiger partial charge on any atom is -0.497 e. The maximum atomic E-state index is 13.3. The number of carbonyl (C=O) groups excluding carboxylic acids is 2. The predicted molar refractivity (Wildman–Crippen MR) is 111 cm³/mol. The van der Waals surface area contributed by atoms with Crippen LogP contribution in [-0.4, -0.2) is 28.9 Å². The summed E-state index contributed by atoms with van der Waals surface area (Å²) in [5, 5.41) is 6.53. The Morgan fingerprint density at radius 2 is 1.61 bits per heavy atom. The number of ether oxygens (including phenoxy) is 1. The van der Waals surface area contributed by atoms with Crippen LogP contribution in [0, 0.1) is 5.82 Å². The number of pyridine rings is 1. The average Bonchev–Trinajstić information content (AvgIpc) is 3.23. The molecule has 8 heteroatoms. The molecule has 0 aliphatic carbocycles. The molecule has 4 rings (SSSR count). The summed E-state index contributed by atoms with van der Waals surface area (Å²) >= 11 is 0. The summed E-state index contributed by atoms with van der Waals surface area (Å²) in [5.74, 6) is -1.46. The number of anilines is 1. The van der Waals surface area contributed by atoms with Crippen molar-refractivity contribution >= 4 is 17.6 Å². The zero-order valence-corrected chi connectivity index (χ0v) is 16.3. The van der Waals surface area contributed by atoms with Gasteiger partial charge in [0, 0.05) is 23.5 Å². The van der Waals surface area contributed by atoms with Crippen LogP contribution in [0.3, 0.4) is 0 Å². The maximum Gasteiger partial charge on any atom is 0.299 e. The van der Waals surface area contributed by atoms with E-state index in [0.717, 1.165) is 0 Å². The number of nitrogens with one attached hydrogen (secondary N) is 1. The molecule has 0 bridgehead atoms. The Bertz CT molecular complexity index is 1220. The standard InChI is InChI=1S/C23H16FN3O4/c1-30-18-8-4-16(5-9-18)21(28)22(29)26-23-19(14-10-12-25-13-11-14)20(27-31-23)15-2-6-17(24)7-3-15/h2-13H,1H3,(H,26,29). The third-order valence-corrected chi connectivity index (χ3v) is 4.56. The minimum absolute atomic E-state index is 0.00242. The van der Waals surface area contributed by atoms with Crippen molar-refractivity contribution in [2.24, 2.45) is 0 Å². The number of benzene rings is 2. The number of methoxy groups -OCH3 is 1. The first-order valence-corrected chi connectivity index (χ1v) is 9.22. The van der Waals surface area contributed by atoms with Crippen LogP contribution in [-0.2, 0) is 4.79 Å². The number of hydrogen-bond donors (Lipinski definition) is 1. The molecule has 0 radical (unpaired) electrons. The van der Waals surface area contributed by atoms with Crippen molar-refractivity contribution in [1.29, 1.82) is 0 Å². The number of ketones is 1. The van der Waals surface area contributed by atoms with E-state index in [1.807, 2.05) is 0 Å². The molecule has 0 atom stereocenters. The highest BCUT2D eigenvalue weighted by Gasteiger charge is 2.24. The van der Waals surface area contributed by atoms with Gasteiger partial charge < -0.3 is 9.26 Å². The van der Waals surface area contributed by atoms with Gasteiger partial charge in [0.05, 0.1) is 12.7 Å². The summed E-state index contributed by atoms with van der Waals surface area (Å²) in [6.07, 6.45) is 3.15. The van der Waals surface area contributed by atoms with Gasteiger partial charge in [-0.2, -0.15) is 0 Å². The summed E-state index contributed by atoms with van der Waals surface area (Å²) in [4.78, 5) is 29.1. The van der Waals surface area contributed by atoms with Gasteiger partial charge in [-0.05, 0) is 66.2 Å². The largest absolute Gasteiger partial charge is 0.497 e. The lowest BCUT2D eigenvalue weighted by Crippen LogP contribution is -2.22. The molecule has 0 spiro atoms. The van der Waals surface area contributed by atoms with Gasteiger partial charge in [0.15, 0.2) is 0 Å². The van der Waals surface area contributed by atoms with Gasteiger partial charge in [-0.25, -0.2) is 4.39 Å². The van der Waals surface area contributed by atoms with E-state index in [1.165, 1.54) is 31.4 Å². The SMILES string of the molecule is COc1ccc(C(=O)C(=O)Nc2onc(-c3ccc(F)cc3)c2-c2ccncc2)cc1. The molecule has 0 aliphatic rings. The average molecular weight is 417 g/mol. The number of rotatable bonds is 6. The number of Topliss-reactive ketones (excluding diaryl/α,β-unsaturated/α-hetero) is 1. The normalized spacial score (nSPS) is 10.5. The minimum atomic E-state index is -0.887. The lowest BCUT2D eigenvalue weighted by atomic mass is 10.0. The number of halogens is 1. The van der Waals surface area contributed by atoms with Crippen LogP contribution >= 0.6 is 0 Å². The Balaban J connectivity index is 1.68. The van der Waals surface area contributed by atoms with E-state index in [2.05, 4.69) is 15.5 Å². The van der Waals surface area contributed by atoms with Crippen molar-refractivity contribution in [3.8, 4) is 28.1 Å². The van der Waals surface area contributed by atoms with Crippen molar-refractivity contribution in [2.45, 2.75) is 0 Å². The van der Waals surface area contributed by atoms with Crippen molar-refractivity contribution < 1.29 is 23.2 Å². The molecule has 0 unspecified atom stereocenters. The molecular weight excluding hydrogens is 401 g/mol. The zero-order valence-electron chi connectivity index (χ0n) is 16.3. The molecule has 1 N–H and O–H groups in total. The molecule has 2 aromatic heterocycles. The van der Waals surface area contributed by atoms with E-state index in [9.17, 15) is 14.0 Å². The molecule has 0 saturated carbocycles. The van der Waals surface area contributed by atoms with Crippen molar-refractivity contribution in [3.63, 3.8) is 0 Å². The smallest absolute Gasteiger partial charge is 0.299 e. The van der Waals surface area contributed by atoms with E-state index < -0.39 is 17.5 Å². The first kappa shape index (κ1) is 20.0. The van der Waals surface area contributed by atoms with E-state index in [0.29, 0.717) is 28.1 Å². The third-order valence-electron chi connectivity index (χ3n) is 4.56. The molecule has 7 nitrogen and oxygen atoms in total. The van der Waals surface area contributed by atoms with Crippen molar-refractivity contribution in [3.05, 3.63) is 84.4 Å². The Morgan fingerprint density at radius 1 is 0.935 bits per heavy atom. The fraction of sp³-hybridized carbons (Fsp3) is 0.0435. The van der Waals surface area contributed by atoms with E-state index in [1.54, 1.807) is 48.8 Å². The van der Waals surface area contributed by atoms with Crippen LogP contribution in [0.1, 0.15) is 10.4 Å². The Kier molecular flexibility index (Phi) is 5.53. The molecule has 31 heavy (non-hydrogen) atoms. The second-order valence-electron chi connectivity index (χ2n) is 6.49. The molecule has 2 aromatic carbocycles. The Morgan fingerprint density at radius 3 is 2.26 bits per heavy atom. The quantitative estimate of drug-likeness (QED) is 0.370. The summed E-state index contributed by atoms with van der Waals surface area (Å²) in [6.45, 7) is 0. The van der Waals surface area contributed by atoms with E-state index in [-0.39, 0.29) is 11.4 Å². The summed E-state index contributed by atoms with van der Waals surface area (Å²) in [5.41, 5.74) is 2.27. The summed E-state index contributed by atoms with van der Waals surface area (Å²) in [7, 11) is 1.51. The van der Waals surface area contributed by atoms with Crippen LogP contribution in [0.25, 0.3) is 22.4 Å². The lowest BCUT2D eigenvalue weighted by molar-refractivity contribution is -0.112. The van der Waals surface area contributed by atoms with Gasteiger partial charge in [-0.1, -0.05) is 5.16 Å². The summed E-state index contributed by atoms with van der Waals surface area (Å²) in [6, 6.07) is 15.3. The second-order valence-corrected chi connectivity index (χ2v) is 6.49. The molecule has 2 heterocycles. The van der Waals surface area contributed by atoms with Gasteiger partial charge >= 0.3 is 0 Å². The van der Waals surface area contributed by atoms with Gasteiger partial charge in [-0.15, -0.1) is 0 Å². The van der Waals surface area contributed by atoms with E-state index >= 15 is 0 Å². The topological polar surface area (TPSA) is 94.3 Å². The lowest BCUT2D eigenvalue weighted by Gasteiger charge is -2.06. The zero-order chi connectivity index (χ0) is 21.8. The number of aromatic nitrogens is 2. The number of nitrogens with zero attached hydrogens (tertiary/aromatic N) is 2. The highest BCUT2D eigenvalue weighted by molar-refractivity contribution is 6.46. The van der Waals surface area contributed by atoms with Gasteiger partial charge in [-0.3, -0.25) is 19.9 Å². The van der Waals surface area contributed by atoms with Gasteiger partial charge in [0.2, 0.25) is 5.88 Å². The molecule has 0 saturated heterocycles. The third kappa shape index (κ3) is 4.18. The Hall–Kier alpha value is -4.33. The molecule has 4 aromatic rings. The van der Waals surface area contributed by atoms with Crippen LogP contribution in [0.2, 0.25) is 0 Å². The van der Waals surface area contributed by atoms with E-state index in [4.69, 9.17) is 9.26 Å². The second kappa shape index (κ2) is 8.58. The first-order chi connectivity index (χ1) is 15.1. The molecule has 1 amide bonds. The molecule has 0 aliphatic heterocycles. The van der Waals surface area contributed by atoms with Gasteiger partial charge in [0.1, 0.15) is 17.3 Å². The summed E-state index contributed by atoms with van der Waals surface area (Å²) < 4.78 is 23.8. The monoisotopic (exact) mass is 417 g/mol. The molecule has 0 fully saturated rings. The van der Waals surface area contributed by atoms with Crippen molar-refractivity contribution in [1.82, 2.24) is 10.1 Å². The number of amides is 1. The fourth-order valence-corrected chi connectivity index (χ4v) is 3.00. The highest BCUT2D eigenvalue weighted by Crippen LogP contribution is 2.37. The van der Waals surface area contributed by atoms with Crippen LogP contribution in [0.15, 0.2) is 77.6 Å². The number of carbonyl (C=O) groups is 2. The maximum absolute atomic E-state index is 13.3. The molecular formula is C23H16FN3O4. The first-order valence-electron chi connectivity index (χ1n) is 9.22. The van der Waals surface area contributed by atoms with Crippen molar-refractivity contribution in [2.75, 3.05) is 12.4 Å². The predicted octanol–water partition coefficient (Wildman–Crippen LogP) is 4.37. The molecule has 154 valence electrons. The van der Waals surface area contributed by atoms with Crippen LogP contribution in [0.5, 0.6) is 5.75 Å². The van der Waals surface area contributed by atoms with Crippen LogP contribution in [0.4, 0.5) is 10.3 Å².